The zero-order chi connectivity index (χ0) is 10.4. The van der Waals surface area contributed by atoms with E-state index in [0.717, 1.165) is 25.9 Å². The molecule has 14 heavy (non-hydrogen) atoms. The van der Waals surface area contributed by atoms with Crippen LogP contribution in [0.1, 0.15) is 12.8 Å². The third kappa shape index (κ3) is 3.44. The lowest BCUT2D eigenvalue weighted by Gasteiger charge is -2.31. The van der Waals surface area contributed by atoms with Crippen LogP contribution in [0, 0.1) is 0 Å². The summed E-state index contributed by atoms with van der Waals surface area (Å²) in [6.07, 6.45) is 2.04. The molecule has 2 N–H and O–H groups in total. The van der Waals surface area contributed by atoms with Gasteiger partial charge in [0.25, 0.3) is 0 Å². The van der Waals surface area contributed by atoms with E-state index < -0.39 is 0 Å². The second-order valence-electron chi connectivity index (χ2n) is 3.34. The van der Waals surface area contributed by atoms with Crippen LogP contribution in [-0.2, 0) is 9.53 Å². The van der Waals surface area contributed by atoms with Crippen LogP contribution in [0.2, 0.25) is 0 Å². The first-order valence-electron chi connectivity index (χ1n) is 4.93. The zero-order valence-electron chi connectivity index (χ0n) is 8.25. The van der Waals surface area contributed by atoms with Gasteiger partial charge in [0.1, 0.15) is 0 Å². The summed E-state index contributed by atoms with van der Waals surface area (Å²) in [5.41, 5.74) is 5.28. The van der Waals surface area contributed by atoms with Crippen LogP contribution < -0.4 is 5.73 Å². The maximum atomic E-state index is 11.2. The van der Waals surface area contributed by atoms with Crippen molar-refractivity contribution in [2.45, 2.75) is 18.9 Å². The van der Waals surface area contributed by atoms with E-state index in [9.17, 15) is 4.79 Å². The Hall–Kier alpha value is -0.320. The van der Waals surface area contributed by atoms with Crippen LogP contribution >= 0.6 is 11.6 Å². The summed E-state index contributed by atoms with van der Waals surface area (Å²) < 4.78 is 5.49. The minimum absolute atomic E-state index is 0.0285. The highest BCUT2D eigenvalue weighted by molar-refractivity contribution is 6.17. The van der Waals surface area contributed by atoms with Crippen molar-refractivity contribution in [1.29, 1.82) is 0 Å². The fourth-order valence-corrected chi connectivity index (χ4v) is 1.70. The molecule has 0 atom stereocenters. The average molecular weight is 221 g/mol. The molecule has 0 aromatic carbocycles. The van der Waals surface area contributed by atoms with E-state index in [1.807, 2.05) is 0 Å². The molecule has 0 saturated carbocycles. The number of hydrogen-bond acceptors (Lipinski definition) is 3. The highest BCUT2D eigenvalue weighted by Crippen LogP contribution is 2.13. The molecule has 1 heterocycles. The van der Waals surface area contributed by atoms with E-state index in [4.69, 9.17) is 22.1 Å². The van der Waals surface area contributed by atoms with Gasteiger partial charge in [0.05, 0.1) is 19.3 Å². The summed E-state index contributed by atoms with van der Waals surface area (Å²) >= 11 is 5.52. The largest absolute Gasteiger partial charge is 0.377 e. The summed E-state index contributed by atoms with van der Waals surface area (Å²) in [5.74, 6) is 0.558. The van der Waals surface area contributed by atoms with Gasteiger partial charge in [-0.05, 0) is 12.8 Å². The molecule has 1 aliphatic rings. The quantitative estimate of drug-likeness (QED) is 0.689. The number of carbonyl (C=O) groups is 1. The fourth-order valence-electron chi connectivity index (χ4n) is 1.61. The Morgan fingerprint density at radius 1 is 1.50 bits per heavy atom. The van der Waals surface area contributed by atoms with Gasteiger partial charge in [0.15, 0.2) is 0 Å². The van der Waals surface area contributed by atoms with Crippen LogP contribution in [0.25, 0.3) is 0 Å². The third-order valence-electron chi connectivity index (χ3n) is 2.40. The predicted molar refractivity (Wildman–Crippen MR) is 55.3 cm³/mol. The number of carbonyl (C=O) groups excluding carboxylic acids is 1. The Kier molecular flexibility index (Phi) is 5.22. The normalized spacial score (nSPS) is 18.6. The predicted octanol–water partition coefficient (Wildman–Crippen LogP) is 0.191. The summed E-state index contributed by atoms with van der Waals surface area (Å²) in [4.78, 5) is 13.0. The Bertz CT molecular complexity index is 182. The molecule has 0 bridgehead atoms. The first-order valence-corrected chi connectivity index (χ1v) is 5.46. The SMILES string of the molecule is NCC(=O)N1CCC(OCCCl)CC1. The summed E-state index contributed by atoms with van der Waals surface area (Å²) in [6.45, 7) is 2.20. The van der Waals surface area contributed by atoms with Crippen LogP contribution in [-0.4, -0.2) is 49.0 Å². The number of ether oxygens (including phenoxy) is 1. The second-order valence-corrected chi connectivity index (χ2v) is 3.72. The Morgan fingerprint density at radius 3 is 2.64 bits per heavy atom. The van der Waals surface area contributed by atoms with Crippen molar-refractivity contribution in [3.05, 3.63) is 0 Å². The zero-order valence-corrected chi connectivity index (χ0v) is 9.00. The molecule has 0 unspecified atom stereocenters. The van der Waals surface area contributed by atoms with Crippen molar-refractivity contribution in [3.63, 3.8) is 0 Å². The molecule has 0 aromatic heterocycles. The van der Waals surface area contributed by atoms with Crippen LogP contribution in [0.15, 0.2) is 0 Å². The molecule has 82 valence electrons. The molecule has 1 fully saturated rings. The number of likely N-dealkylation sites (tertiary alicyclic amines) is 1. The highest BCUT2D eigenvalue weighted by Gasteiger charge is 2.21. The van der Waals surface area contributed by atoms with Gasteiger partial charge in [-0.25, -0.2) is 0 Å². The number of nitrogens with two attached hydrogens (primary N) is 1. The number of amides is 1. The number of piperidine rings is 1. The molecular weight excluding hydrogens is 204 g/mol. The van der Waals surface area contributed by atoms with Crippen molar-refractivity contribution in [2.24, 2.45) is 5.73 Å². The minimum atomic E-state index is 0.0285. The van der Waals surface area contributed by atoms with E-state index in [2.05, 4.69) is 0 Å². The lowest BCUT2D eigenvalue weighted by Crippen LogP contribution is -2.43. The van der Waals surface area contributed by atoms with Gasteiger partial charge in [-0.3, -0.25) is 4.79 Å². The van der Waals surface area contributed by atoms with Gasteiger partial charge in [-0.15, -0.1) is 11.6 Å². The molecule has 1 rings (SSSR count). The molecule has 1 saturated heterocycles. The Morgan fingerprint density at radius 2 is 2.14 bits per heavy atom. The lowest BCUT2D eigenvalue weighted by molar-refractivity contribution is -0.132. The second kappa shape index (κ2) is 6.22. The molecule has 0 aromatic rings. The maximum absolute atomic E-state index is 11.2. The molecule has 1 amide bonds. The lowest BCUT2D eigenvalue weighted by atomic mass is 10.1. The van der Waals surface area contributed by atoms with Crippen molar-refractivity contribution >= 4 is 17.5 Å². The van der Waals surface area contributed by atoms with Crippen molar-refractivity contribution in [3.8, 4) is 0 Å². The summed E-state index contributed by atoms with van der Waals surface area (Å²) in [5, 5.41) is 0. The van der Waals surface area contributed by atoms with Crippen LogP contribution in [0.5, 0.6) is 0 Å². The monoisotopic (exact) mass is 220 g/mol. The number of nitrogens with zero attached hydrogens (tertiary/aromatic N) is 1. The van der Waals surface area contributed by atoms with Gasteiger partial charge in [-0.2, -0.15) is 0 Å². The number of halogens is 1. The number of hydrogen-bond donors (Lipinski definition) is 1. The standard InChI is InChI=1S/C9H17ClN2O2/c10-3-6-14-8-1-4-12(5-2-8)9(13)7-11/h8H,1-7,11H2. The first-order chi connectivity index (χ1) is 6.77. The van der Waals surface area contributed by atoms with Gasteiger partial charge in [0.2, 0.25) is 5.91 Å². The molecule has 4 nitrogen and oxygen atoms in total. The molecule has 0 aliphatic carbocycles. The van der Waals surface area contributed by atoms with Crippen molar-refractivity contribution in [2.75, 3.05) is 32.1 Å². The Labute approximate surface area is 89.3 Å². The number of alkyl halides is 1. The van der Waals surface area contributed by atoms with Crippen LogP contribution in [0.4, 0.5) is 0 Å². The van der Waals surface area contributed by atoms with E-state index in [1.54, 1.807) is 4.90 Å². The first kappa shape index (κ1) is 11.8. The van der Waals surface area contributed by atoms with E-state index in [0.29, 0.717) is 12.5 Å². The molecule has 5 heteroatoms. The van der Waals surface area contributed by atoms with E-state index in [-0.39, 0.29) is 18.6 Å². The minimum Gasteiger partial charge on any atom is -0.377 e. The highest BCUT2D eigenvalue weighted by atomic mass is 35.5. The summed E-state index contributed by atoms with van der Waals surface area (Å²) in [6, 6.07) is 0. The summed E-state index contributed by atoms with van der Waals surface area (Å²) in [7, 11) is 0. The maximum Gasteiger partial charge on any atom is 0.236 e. The van der Waals surface area contributed by atoms with Gasteiger partial charge >= 0.3 is 0 Å². The average Bonchev–Trinajstić information content (AvgIpc) is 2.26. The molecule has 0 radical (unpaired) electrons. The molecule has 1 aliphatic heterocycles. The fraction of sp³-hybridized carbons (Fsp3) is 0.889. The number of rotatable bonds is 4. The van der Waals surface area contributed by atoms with Crippen molar-refractivity contribution in [1.82, 2.24) is 4.90 Å². The van der Waals surface area contributed by atoms with Gasteiger partial charge < -0.3 is 15.4 Å². The Balaban J connectivity index is 2.20. The van der Waals surface area contributed by atoms with Crippen LogP contribution in [0.3, 0.4) is 0 Å². The van der Waals surface area contributed by atoms with Gasteiger partial charge in [0, 0.05) is 19.0 Å². The van der Waals surface area contributed by atoms with Gasteiger partial charge in [-0.1, -0.05) is 0 Å². The topological polar surface area (TPSA) is 55.6 Å². The van der Waals surface area contributed by atoms with Crippen molar-refractivity contribution < 1.29 is 9.53 Å². The third-order valence-corrected chi connectivity index (χ3v) is 2.55. The van der Waals surface area contributed by atoms with E-state index >= 15 is 0 Å². The molecular formula is C9H17ClN2O2. The smallest absolute Gasteiger partial charge is 0.236 e. The van der Waals surface area contributed by atoms with E-state index in [1.165, 1.54) is 0 Å². The molecule has 0 spiro atoms.